The van der Waals surface area contributed by atoms with Gasteiger partial charge in [0.25, 0.3) is 5.91 Å². The van der Waals surface area contributed by atoms with Crippen molar-refractivity contribution < 1.29 is 14.3 Å². The van der Waals surface area contributed by atoms with Crippen LogP contribution in [0.15, 0.2) is 30.5 Å². The van der Waals surface area contributed by atoms with E-state index in [-0.39, 0.29) is 12.0 Å². The fourth-order valence-corrected chi connectivity index (χ4v) is 2.92. The predicted octanol–water partition coefficient (Wildman–Crippen LogP) is 2.77. The van der Waals surface area contributed by atoms with Gasteiger partial charge in [-0.25, -0.2) is 4.68 Å². The zero-order chi connectivity index (χ0) is 16.7. The van der Waals surface area contributed by atoms with Gasteiger partial charge >= 0.3 is 0 Å². The Bertz CT molecular complexity index is 767. The van der Waals surface area contributed by atoms with Crippen molar-refractivity contribution in [2.24, 2.45) is 5.92 Å². The minimum Gasteiger partial charge on any atom is -0.482 e. The zero-order valence-electron chi connectivity index (χ0n) is 13.9. The van der Waals surface area contributed by atoms with Gasteiger partial charge in [-0.15, -0.1) is 0 Å². The molecule has 2 aliphatic rings. The van der Waals surface area contributed by atoms with E-state index in [0.29, 0.717) is 17.4 Å². The lowest BCUT2D eigenvalue weighted by Crippen LogP contribution is -2.46. The fraction of sp³-hybridized carbons (Fsp3) is 0.444. The quantitative estimate of drug-likeness (QED) is 0.938. The van der Waals surface area contributed by atoms with E-state index in [0.717, 1.165) is 17.9 Å². The van der Waals surface area contributed by atoms with Gasteiger partial charge in [0.2, 0.25) is 6.10 Å². The monoisotopic (exact) mass is 327 g/mol. The number of aryl methyl sites for hydroxylation is 1. The number of anilines is 1. The second-order valence-corrected chi connectivity index (χ2v) is 6.60. The van der Waals surface area contributed by atoms with E-state index < -0.39 is 6.10 Å². The second-order valence-electron chi connectivity index (χ2n) is 6.60. The first-order valence-corrected chi connectivity index (χ1v) is 8.37. The summed E-state index contributed by atoms with van der Waals surface area (Å²) in [5, 5.41) is 7.36. The molecule has 0 spiro atoms. The molecule has 6 heteroatoms. The van der Waals surface area contributed by atoms with Crippen LogP contribution < -0.4 is 14.8 Å². The van der Waals surface area contributed by atoms with E-state index in [1.165, 1.54) is 12.8 Å². The van der Waals surface area contributed by atoms with Crippen LogP contribution in [0.4, 0.5) is 5.82 Å². The lowest BCUT2D eigenvalue weighted by molar-refractivity contribution is -0.128. The third-order valence-corrected chi connectivity index (χ3v) is 4.49. The van der Waals surface area contributed by atoms with Gasteiger partial charge in [-0.05, 0) is 44.7 Å². The van der Waals surface area contributed by atoms with Crippen LogP contribution in [-0.2, 0) is 11.3 Å². The molecule has 1 aromatic carbocycles. The number of ether oxygens (including phenoxy) is 2. The Morgan fingerprint density at radius 2 is 2.00 bits per heavy atom. The molecule has 6 nitrogen and oxygen atoms in total. The summed E-state index contributed by atoms with van der Waals surface area (Å²) in [7, 11) is 0. The maximum Gasteiger partial charge on any atom is 0.270 e. The van der Waals surface area contributed by atoms with Gasteiger partial charge in [0.05, 0.1) is 6.20 Å². The number of nitrogens with one attached hydrogen (secondary N) is 1. The van der Waals surface area contributed by atoms with E-state index in [4.69, 9.17) is 9.47 Å². The van der Waals surface area contributed by atoms with Gasteiger partial charge in [0, 0.05) is 12.1 Å². The average molecular weight is 327 g/mol. The van der Waals surface area contributed by atoms with Gasteiger partial charge in [0.1, 0.15) is 11.9 Å². The summed E-state index contributed by atoms with van der Waals surface area (Å²) in [6, 6.07) is 7.40. The highest BCUT2D eigenvalue weighted by Gasteiger charge is 2.35. The van der Waals surface area contributed by atoms with Crippen LogP contribution in [-0.4, -0.2) is 27.9 Å². The van der Waals surface area contributed by atoms with Crippen LogP contribution in [0, 0.1) is 12.8 Å². The van der Waals surface area contributed by atoms with Crippen molar-refractivity contribution in [2.75, 3.05) is 5.32 Å². The standard InChI is InChI=1S/C18H21N3O3/c1-11-9-19-21(10-13-7-8-13)17(11)20-18(22)16-12(2)23-14-5-3-4-6-15(14)24-16/h3-6,9,12-13,16H,7-8,10H2,1-2H3,(H,20,22)/t12-,16-/m1/s1. The second kappa shape index (κ2) is 5.85. The Hall–Kier alpha value is -2.50. The van der Waals surface area contributed by atoms with Crippen molar-refractivity contribution in [1.29, 1.82) is 0 Å². The molecule has 2 heterocycles. The van der Waals surface area contributed by atoms with E-state index >= 15 is 0 Å². The van der Waals surface area contributed by atoms with Gasteiger partial charge < -0.3 is 14.8 Å². The van der Waals surface area contributed by atoms with Gasteiger partial charge in [0.15, 0.2) is 11.5 Å². The number of hydrogen-bond acceptors (Lipinski definition) is 4. The highest BCUT2D eigenvalue weighted by molar-refractivity contribution is 5.95. The lowest BCUT2D eigenvalue weighted by Gasteiger charge is -2.31. The van der Waals surface area contributed by atoms with Gasteiger partial charge in [-0.2, -0.15) is 5.10 Å². The van der Waals surface area contributed by atoms with Crippen LogP contribution in [0.5, 0.6) is 11.5 Å². The highest BCUT2D eigenvalue weighted by atomic mass is 16.6. The molecule has 1 N–H and O–H groups in total. The minimum absolute atomic E-state index is 0.211. The minimum atomic E-state index is -0.691. The number of carbonyl (C=O) groups excluding carboxylic acids is 1. The Balaban J connectivity index is 1.51. The summed E-state index contributed by atoms with van der Waals surface area (Å²) < 4.78 is 13.6. The highest BCUT2D eigenvalue weighted by Crippen LogP contribution is 2.34. The van der Waals surface area contributed by atoms with Crippen LogP contribution >= 0.6 is 0 Å². The number of amides is 1. The van der Waals surface area contributed by atoms with E-state index in [2.05, 4.69) is 10.4 Å². The SMILES string of the molecule is Cc1cnn(CC2CC2)c1NC(=O)[C@@H]1Oc2ccccc2O[C@@H]1C. The maximum atomic E-state index is 12.7. The summed E-state index contributed by atoms with van der Waals surface area (Å²) in [5.74, 6) is 2.49. The summed E-state index contributed by atoms with van der Waals surface area (Å²) in [6.07, 6.45) is 3.21. The first-order valence-electron chi connectivity index (χ1n) is 8.37. The number of nitrogens with zero attached hydrogens (tertiary/aromatic N) is 2. The first-order chi connectivity index (χ1) is 11.6. The van der Waals surface area contributed by atoms with Crippen LogP contribution in [0.25, 0.3) is 0 Å². The molecule has 126 valence electrons. The molecule has 2 atom stereocenters. The molecule has 4 rings (SSSR count). The molecule has 2 aromatic rings. The lowest BCUT2D eigenvalue weighted by atomic mass is 10.1. The van der Waals surface area contributed by atoms with E-state index in [1.54, 1.807) is 6.20 Å². The van der Waals surface area contributed by atoms with Crippen molar-refractivity contribution in [2.45, 2.75) is 45.4 Å². The average Bonchev–Trinajstić information content (AvgIpc) is 3.33. The number of benzene rings is 1. The largest absolute Gasteiger partial charge is 0.482 e. The number of rotatable bonds is 4. The first kappa shape index (κ1) is 15.1. The third-order valence-electron chi connectivity index (χ3n) is 4.49. The van der Waals surface area contributed by atoms with Crippen molar-refractivity contribution in [3.05, 3.63) is 36.0 Å². The number of para-hydroxylation sites is 2. The molecule has 0 bridgehead atoms. The van der Waals surface area contributed by atoms with Crippen LogP contribution in [0.3, 0.4) is 0 Å². The van der Waals surface area contributed by atoms with Gasteiger partial charge in [-0.3, -0.25) is 4.79 Å². The Labute approximate surface area is 140 Å². The number of hydrogen-bond donors (Lipinski definition) is 1. The smallest absolute Gasteiger partial charge is 0.270 e. The molecule has 24 heavy (non-hydrogen) atoms. The molecule has 1 amide bonds. The van der Waals surface area contributed by atoms with Gasteiger partial charge in [-0.1, -0.05) is 12.1 Å². The Morgan fingerprint density at radius 3 is 2.71 bits per heavy atom. The van der Waals surface area contributed by atoms with E-state index in [1.807, 2.05) is 42.8 Å². The van der Waals surface area contributed by atoms with Crippen molar-refractivity contribution in [3.8, 4) is 11.5 Å². The Morgan fingerprint density at radius 1 is 1.29 bits per heavy atom. The summed E-state index contributed by atoms with van der Waals surface area (Å²) >= 11 is 0. The molecule has 1 aromatic heterocycles. The molecule has 1 aliphatic carbocycles. The zero-order valence-corrected chi connectivity index (χ0v) is 13.9. The van der Waals surface area contributed by atoms with Crippen molar-refractivity contribution >= 4 is 11.7 Å². The predicted molar refractivity (Wildman–Crippen MR) is 89.3 cm³/mol. The molecular formula is C18H21N3O3. The number of carbonyl (C=O) groups is 1. The molecule has 1 aliphatic heterocycles. The number of fused-ring (bicyclic) bond motifs is 1. The molecule has 0 radical (unpaired) electrons. The maximum absolute atomic E-state index is 12.7. The normalized spacial score (nSPS) is 22.2. The fourth-order valence-electron chi connectivity index (χ4n) is 2.92. The molecule has 0 unspecified atom stereocenters. The Kier molecular flexibility index (Phi) is 3.67. The number of aromatic nitrogens is 2. The molecule has 1 fully saturated rings. The molecule has 0 saturated heterocycles. The van der Waals surface area contributed by atoms with Crippen molar-refractivity contribution in [3.63, 3.8) is 0 Å². The van der Waals surface area contributed by atoms with Crippen LogP contribution in [0.2, 0.25) is 0 Å². The van der Waals surface area contributed by atoms with E-state index in [9.17, 15) is 4.79 Å². The summed E-state index contributed by atoms with van der Waals surface area (Å²) in [4.78, 5) is 12.7. The summed E-state index contributed by atoms with van der Waals surface area (Å²) in [5.41, 5.74) is 0.953. The molecular weight excluding hydrogens is 306 g/mol. The topological polar surface area (TPSA) is 65.4 Å². The van der Waals surface area contributed by atoms with Crippen molar-refractivity contribution in [1.82, 2.24) is 9.78 Å². The molecule has 1 saturated carbocycles. The van der Waals surface area contributed by atoms with Crippen LogP contribution in [0.1, 0.15) is 25.3 Å². The summed E-state index contributed by atoms with van der Waals surface area (Å²) in [6.45, 7) is 4.64. The third kappa shape index (κ3) is 2.84.